The van der Waals surface area contributed by atoms with Crippen LogP contribution in [0.25, 0.3) is 0 Å². The lowest BCUT2D eigenvalue weighted by Gasteiger charge is -2.18. The Morgan fingerprint density at radius 1 is 0.750 bits per heavy atom. The van der Waals surface area contributed by atoms with Crippen molar-refractivity contribution in [2.24, 2.45) is 0 Å². The largest absolute Gasteiger partial charge is 0.492 e. The lowest BCUT2D eigenvalue weighted by molar-refractivity contribution is 0.260. The molecule has 2 rings (SSSR count). The molecule has 0 bridgehead atoms. The van der Waals surface area contributed by atoms with Gasteiger partial charge < -0.3 is 29.6 Å². The molecular weight excluding hydrogens is 360 g/mol. The van der Waals surface area contributed by atoms with Gasteiger partial charge in [-0.05, 0) is 39.8 Å². The van der Waals surface area contributed by atoms with Gasteiger partial charge >= 0.3 is 6.03 Å². The summed E-state index contributed by atoms with van der Waals surface area (Å²) in [5.74, 6) is 2.16. The zero-order chi connectivity index (χ0) is 20.4. The molecule has 28 heavy (non-hydrogen) atoms. The molecule has 2 N–H and O–H groups in total. The molecule has 0 saturated heterocycles. The lowest BCUT2D eigenvalue weighted by Crippen LogP contribution is -2.20. The van der Waals surface area contributed by atoms with Crippen molar-refractivity contribution in [3.8, 4) is 23.0 Å². The van der Waals surface area contributed by atoms with E-state index < -0.39 is 6.03 Å². The number of para-hydroxylation sites is 2. The lowest BCUT2D eigenvalue weighted by atomic mass is 10.2. The summed E-state index contributed by atoms with van der Waals surface area (Å²) in [7, 11) is 0. The van der Waals surface area contributed by atoms with Gasteiger partial charge in [0.25, 0.3) is 0 Å². The third-order valence-electron chi connectivity index (χ3n) is 3.60. The van der Waals surface area contributed by atoms with Crippen molar-refractivity contribution in [3.63, 3.8) is 0 Å². The van der Waals surface area contributed by atoms with E-state index in [9.17, 15) is 4.79 Å². The number of urea groups is 1. The molecule has 7 nitrogen and oxygen atoms in total. The highest BCUT2D eigenvalue weighted by atomic mass is 16.5. The summed E-state index contributed by atoms with van der Waals surface area (Å²) >= 11 is 0. The minimum atomic E-state index is -0.402. The Hall–Kier alpha value is -3.09. The molecule has 0 spiro atoms. The predicted molar refractivity (Wildman–Crippen MR) is 110 cm³/mol. The molecule has 7 heteroatoms. The van der Waals surface area contributed by atoms with Gasteiger partial charge in [-0.1, -0.05) is 12.1 Å². The van der Waals surface area contributed by atoms with Gasteiger partial charge in [0.15, 0.2) is 11.5 Å². The van der Waals surface area contributed by atoms with Gasteiger partial charge in [-0.3, -0.25) is 0 Å². The number of ether oxygens (including phenoxy) is 4. The molecular formula is C21H28N2O5. The smallest absolute Gasteiger partial charge is 0.323 e. The standard InChI is InChI=1S/C21H28N2O5/c1-5-25-17-12-10-9-11-16(17)23-21(24)22-15-13-18(26-6-2)20(28-8-4)19(14-15)27-7-3/h9-14H,5-8H2,1-4H3,(H2,22,23,24). The van der Waals surface area contributed by atoms with Crippen molar-refractivity contribution < 1.29 is 23.7 Å². The van der Waals surface area contributed by atoms with E-state index >= 15 is 0 Å². The number of amides is 2. The fourth-order valence-electron chi connectivity index (χ4n) is 2.60. The number of anilines is 2. The summed E-state index contributed by atoms with van der Waals surface area (Å²) in [6.45, 7) is 9.45. The number of nitrogens with one attached hydrogen (secondary N) is 2. The Bertz CT molecular complexity index is 752. The van der Waals surface area contributed by atoms with Crippen LogP contribution in [0.3, 0.4) is 0 Å². The average molecular weight is 388 g/mol. The van der Waals surface area contributed by atoms with Crippen LogP contribution in [-0.4, -0.2) is 32.5 Å². The average Bonchev–Trinajstić information content (AvgIpc) is 2.66. The van der Waals surface area contributed by atoms with Crippen molar-refractivity contribution in [2.45, 2.75) is 27.7 Å². The summed E-state index contributed by atoms with van der Waals surface area (Å²) < 4.78 is 22.6. The normalized spacial score (nSPS) is 10.1. The minimum absolute atomic E-state index is 0.402. The number of rotatable bonds is 10. The number of hydrogen-bond acceptors (Lipinski definition) is 5. The van der Waals surface area contributed by atoms with Crippen LogP contribution in [0, 0.1) is 0 Å². The summed E-state index contributed by atoms with van der Waals surface area (Å²) in [6, 6.07) is 10.3. The molecule has 0 fully saturated rings. The van der Waals surface area contributed by atoms with Crippen LogP contribution in [0.4, 0.5) is 16.2 Å². The van der Waals surface area contributed by atoms with E-state index in [-0.39, 0.29) is 0 Å². The monoisotopic (exact) mass is 388 g/mol. The molecule has 0 saturated carbocycles. The van der Waals surface area contributed by atoms with E-state index in [1.807, 2.05) is 39.8 Å². The molecule has 0 unspecified atom stereocenters. The zero-order valence-corrected chi connectivity index (χ0v) is 16.8. The highest BCUT2D eigenvalue weighted by molar-refractivity contribution is 6.01. The number of benzene rings is 2. The molecule has 2 aromatic rings. The molecule has 2 aromatic carbocycles. The maximum Gasteiger partial charge on any atom is 0.323 e. The van der Waals surface area contributed by atoms with Crippen LogP contribution in [-0.2, 0) is 0 Å². The maximum absolute atomic E-state index is 12.5. The minimum Gasteiger partial charge on any atom is -0.492 e. The van der Waals surface area contributed by atoms with Gasteiger partial charge in [0.2, 0.25) is 5.75 Å². The van der Waals surface area contributed by atoms with Gasteiger partial charge in [0, 0.05) is 12.1 Å². The fraction of sp³-hybridized carbons (Fsp3) is 0.381. The first-order valence-corrected chi connectivity index (χ1v) is 9.49. The first-order valence-electron chi connectivity index (χ1n) is 9.49. The van der Waals surface area contributed by atoms with Gasteiger partial charge in [0.05, 0.1) is 37.8 Å². The molecule has 0 aliphatic rings. The second kappa shape index (κ2) is 10.9. The Morgan fingerprint density at radius 2 is 1.29 bits per heavy atom. The summed E-state index contributed by atoms with van der Waals surface area (Å²) in [5.41, 5.74) is 1.12. The molecule has 0 aliphatic heterocycles. The van der Waals surface area contributed by atoms with Crippen LogP contribution in [0.1, 0.15) is 27.7 Å². The quantitative estimate of drug-likeness (QED) is 0.604. The van der Waals surface area contributed by atoms with Gasteiger partial charge in [-0.15, -0.1) is 0 Å². The molecule has 152 valence electrons. The SMILES string of the molecule is CCOc1ccccc1NC(=O)Nc1cc(OCC)c(OCC)c(OCC)c1. The van der Waals surface area contributed by atoms with Gasteiger partial charge in [0.1, 0.15) is 5.75 Å². The van der Waals surface area contributed by atoms with E-state index in [1.165, 1.54) is 0 Å². The fourth-order valence-corrected chi connectivity index (χ4v) is 2.60. The summed E-state index contributed by atoms with van der Waals surface area (Å²) in [6.07, 6.45) is 0. The molecule has 2 amide bonds. The van der Waals surface area contributed by atoms with Crippen LogP contribution >= 0.6 is 0 Å². The van der Waals surface area contributed by atoms with Crippen molar-refractivity contribution in [2.75, 3.05) is 37.1 Å². The number of carbonyl (C=O) groups is 1. The Labute approximate surface area is 165 Å². The van der Waals surface area contributed by atoms with E-state index in [1.54, 1.807) is 24.3 Å². The van der Waals surface area contributed by atoms with Crippen LogP contribution < -0.4 is 29.6 Å². The predicted octanol–water partition coefficient (Wildman–Crippen LogP) is 4.93. The van der Waals surface area contributed by atoms with E-state index in [2.05, 4.69) is 10.6 Å². The molecule has 0 radical (unpaired) electrons. The molecule has 0 atom stereocenters. The van der Waals surface area contributed by atoms with Crippen LogP contribution in [0.15, 0.2) is 36.4 Å². The first-order chi connectivity index (χ1) is 13.6. The second-order valence-electron chi connectivity index (χ2n) is 5.61. The van der Waals surface area contributed by atoms with Crippen molar-refractivity contribution >= 4 is 17.4 Å². The van der Waals surface area contributed by atoms with Crippen LogP contribution in [0.5, 0.6) is 23.0 Å². The van der Waals surface area contributed by atoms with E-state index in [0.29, 0.717) is 60.8 Å². The van der Waals surface area contributed by atoms with E-state index in [0.717, 1.165) is 0 Å². The maximum atomic E-state index is 12.5. The summed E-state index contributed by atoms with van der Waals surface area (Å²) in [4.78, 5) is 12.5. The molecule has 0 aromatic heterocycles. The Kier molecular flexibility index (Phi) is 8.27. The van der Waals surface area contributed by atoms with Gasteiger partial charge in [-0.25, -0.2) is 4.79 Å². The summed E-state index contributed by atoms with van der Waals surface area (Å²) in [5, 5.41) is 5.60. The molecule has 0 heterocycles. The third kappa shape index (κ3) is 5.70. The zero-order valence-electron chi connectivity index (χ0n) is 16.8. The molecule has 0 aliphatic carbocycles. The third-order valence-corrected chi connectivity index (χ3v) is 3.60. The Morgan fingerprint density at radius 3 is 1.86 bits per heavy atom. The van der Waals surface area contributed by atoms with Crippen LogP contribution in [0.2, 0.25) is 0 Å². The van der Waals surface area contributed by atoms with Gasteiger partial charge in [-0.2, -0.15) is 0 Å². The van der Waals surface area contributed by atoms with Crippen molar-refractivity contribution in [1.82, 2.24) is 0 Å². The Balaban J connectivity index is 2.23. The highest BCUT2D eigenvalue weighted by Gasteiger charge is 2.16. The first kappa shape index (κ1) is 21.2. The van der Waals surface area contributed by atoms with Crippen molar-refractivity contribution in [3.05, 3.63) is 36.4 Å². The number of hydrogen-bond donors (Lipinski definition) is 2. The topological polar surface area (TPSA) is 78.1 Å². The van der Waals surface area contributed by atoms with E-state index in [4.69, 9.17) is 18.9 Å². The second-order valence-corrected chi connectivity index (χ2v) is 5.61. The van der Waals surface area contributed by atoms with Crippen molar-refractivity contribution in [1.29, 1.82) is 0 Å². The number of carbonyl (C=O) groups excluding carboxylic acids is 1. The highest BCUT2D eigenvalue weighted by Crippen LogP contribution is 2.40.